The Labute approximate surface area is 281 Å². The minimum Gasteiger partial charge on any atom is -0.335 e. The number of nitrogens with one attached hydrogen (secondary N) is 3. The second-order valence-electron chi connectivity index (χ2n) is 12.3. The molecule has 1 fully saturated rings. The molecule has 0 saturated heterocycles. The maximum Gasteiger partial charge on any atom is 0.319 e. The van der Waals surface area contributed by atoms with Gasteiger partial charge in [-0.15, -0.1) is 0 Å². The summed E-state index contributed by atoms with van der Waals surface area (Å²) in [6.45, 7) is 2.73. The summed E-state index contributed by atoms with van der Waals surface area (Å²) in [5, 5.41) is 6.20. The van der Waals surface area contributed by atoms with Gasteiger partial charge >= 0.3 is 6.03 Å². The lowest BCUT2D eigenvalue weighted by Crippen LogP contribution is -2.39. The first-order valence-electron chi connectivity index (χ1n) is 16.7. The molecular formula is C38H41N5O4S. The number of hydrogen-bond donors (Lipinski definition) is 3. The van der Waals surface area contributed by atoms with E-state index in [0.29, 0.717) is 17.8 Å². The third-order valence-electron chi connectivity index (χ3n) is 8.86. The molecule has 1 aliphatic rings. The van der Waals surface area contributed by atoms with Crippen LogP contribution in [0.15, 0.2) is 102 Å². The fraction of sp³-hybridized carbons (Fsp3) is 0.289. The Kier molecular flexibility index (Phi) is 10.2. The monoisotopic (exact) mass is 663 g/mol. The molecule has 5 aromatic rings. The number of fused-ring (bicyclic) bond motifs is 1. The van der Waals surface area contributed by atoms with E-state index >= 15 is 0 Å². The molecule has 0 unspecified atom stereocenters. The van der Waals surface area contributed by atoms with Gasteiger partial charge in [0.2, 0.25) is 0 Å². The van der Waals surface area contributed by atoms with Gasteiger partial charge in [0.15, 0.2) is 0 Å². The van der Waals surface area contributed by atoms with Crippen molar-refractivity contribution in [2.24, 2.45) is 0 Å². The molecule has 1 aliphatic carbocycles. The lowest BCUT2D eigenvalue weighted by Gasteiger charge is -2.22. The molecule has 4 aromatic carbocycles. The average Bonchev–Trinajstić information content (AvgIpc) is 3.46. The molecule has 0 radical (unpaired) electrons. The van der Waals surface area contributed by atoms with Crippen molar-refractivity contribution in [3.05, 3.63) is 114 Å². The Hall–Kier alpha value is -4.96. The highest BCUT2D eigenvalue weighted by molar-refractivity contribution is 7.90. The molecule has 9 nitrogen and oxygen atoms in total. The quantitative estimate of drug-likeness (QED) is 0.134. The number of benzene rings is 4. The highest BCUT2D eigenvalue weighted by atomic mass is 32.2. The van der Waals surface area contributed by atoms with Crippen molar-refractivity contribution >= 4 is 38.7 Å². The van der Waals surface area contributed by atoms with Crippen LogP contribution in [-0.2, 0) is 23.0 Å². The number of aryl methyl sites for hydroxylation is 1. The molecule has 3 N–H and O–H groups in total. The van der Waals surface area contributed by atoms with Crippen LogP contribution in [0.25, 0.3) is 22.2 Å². The first-order valence-corrected chi connectivity index (χ1v) is 18.2. The Morgan fingerprint density at radius 3 is 2.33 bits per heavy atom. The fourth-order valence-corrected chi connectivity index (χ4v) is 7.32. The number of aromatic nitrogens is 2. The first kappa shape index (κ1) is 33.0. The highest BCUT2D eigenvalue weighted by Gasteiger charge is 2.22. The van der Waals surface area contributed by atoms with Gasteiger partial charge in [-0.25, -0.2) is 22.9 Å². The molecule has 0 aliphatic heterocycles. The number of imidazole rings is 1. The van der Waals surface area contributed by atoms with Crippen LogP contribution in [0, 0.1) is 0 Å². The number of rotatable bonds is 11. The van der Waals surface area contributed by atoms with Crippen LogP contribution in [0.5, 0.6) is 0 Å². The molecule has 0 atom stereocenters. The predicted octanol–water partition coefficient (Wildman–Crippen LogP) is 7.67. The zero-order valence-electron chi connectivity index (χ0n) is 27.1. The third-order valence-corrected chi connectivity index (χ3v) is 10.2. The summed E-state index contributed by atoms with van der Waals surface area (Å²) >= 11 is 0. The topological polar surface area (TPSA) is 122 Å². The maximum absolute atomic E-state index is 13.2. The molecule has 6 rings (SSSR count). The molecule has 10 heteroatoms. The van der Waals surface area contributed by atoms with E-state index in [1.54, 1.807) is 30.3 Å². The van der Waals surface area contributed by atoms with E-state index in [1.807, 2.05) is 54.6 Å². The SMILES string of the molecule is CCCCc1nc2c(NC(=O)NC3CCCCC3)cccc2n1Cc1ccc(-c2ccccc2C(=O)NS(=O)(=O)c2ccccc2)cc1. The number of unbranched alkanes of at least 4 members (excludes halogenated alkanes) is 1. The van der Waals surface area contributed by atoms with Crippen LogP contribution in [0.3, 0.4) is 0 Å². The average molecular weight is 664 g/mol. The van der Waals surface area contributed by atoms with E-state index in [1.165, 1.54) is 18.6 Å². The molecule has 3 amide bonds. The van der Waals surface area contributed by atoms with Gasteiger partial charge < -0.3 is 15.2 Å². The summed E-state index contributed by atoms with van der Waals surface area (Å²) < 4.78 is 30.1. The van der Waals surface area contributed by atoms with Crippen molar-refractivity contribution in [1.29, 1.82) is 0 Å². The van der Waals surface area contributed by atoms with Gasteiger partial charge in [0.05, 0.1) is 16.1 Å². The highest BCUT2D eigenvalue weighted by Crippen LogP contribution is 2.28. The number of carbonyl (C=O) groups is 2. The zero-order valence-corrected chi connectivity index (χ0v) is 27.9. The van der Waals surface area contributed by atoms with Gasteiger partial charge in [-0.3, -0.25) is 4.79 Å². The maximum atomic E-state index is 13.2. The molecular weight excluding hydrogens is 623 g/mol. The Morgan fingerprint density at radius 2 is 1.58 bits per heavy atom. The second-order valence-corrected chi connectivity index (χ2v) is 14.0. The standard InChI is InChI=1S/C38H41N5O4S/c1-2-3-21-35-41-36-33(40-38(45)39-29-13-6-4-7-14-29)19-12-20-34(36)43(35)26-27-22-24-28(25-23-27)31-17-10-11-18-32(31)37(44)42-48(46,47)30-15-8-5-9-16-30/h5,8-12,15-20,22-25,29H,2-4,6-7,13-14,21,26H2,1H3,(H,42,44)(H2,39,40,45). The van der Waals surface area contributed by atoms with Gasteiger partial charge in [0, 0.05) is 24.6 Å². The number of nitrogens with zero attached hydrogens (tertiary/aromatic N) is 2. The van der Waals surface area contributed by atoms with E-state index in [2.05, 4.69) is 26.8 Å². The van der Waals surface area contributed by atoms with Crippen molar-refractivity contribution in [3.8, 4) is 11.1 Å². The van der Waals surface area contributed by atoms with Gasteiger partial charge in [0.25, 0.3) is 15.9 Å². The van der Waals surface area contributed by atoms with Crippen molar-refractivity contribution in [1.82, 2.24) is 19.6 Å². The molecule has 1 aromatic heterocycles. The summed E-state index contributed by atoms with van der Waals surface area (Å²) in [6, 6.07) is 28.6. The summed E-state index contributed by atoms with van der Waals surface area (Å²) in [7, 11) is -4.02. The van der Waals surface area contributed by atoms with Crippen molar-refractivity contribution in [2.45, 2.75) is 75.8 Å². The number of para-hydroxylation sites is 1. The van der Waals surface area contributed by atoms with Gasteiger partial charge in [-0.1, -0.05) is 99.3 Å². The number of hydrogen-bond acceptors (Lipinski definition) is 5. The molecule has 1 heterocycles. The van der Waals surface area contributed by atoms with Crippen LogP contribution >= 0.6 is 0 Å². The van der Waals surface area contributed by atoms with Crippen LogP contribution in [0.1, 0.15) is 73.6 Å². The number of urea groups is 1. The largest absolute Gasteiger partial charge is 0.335 e. The first-order chi connectivity index (χ1) is 23.3. The van der Waals surface area contributed by atoms with Crippen molar-refractivity contribution < 1.29 is 18.0 Å². The van der Waals surface area contributed by atoms with Crippen LogP contribution in [0.4, 0.5) is 10.5 Å². The van der Waals surface area contributed by atoms with Gasteiger partial charge in [0.1, 0.15) is 11.3 Å². The molecule has 0 bridgehead atoms. The Morgan fingerprint density at radius 1 is 0.854 bits per heavy atom. The second kappa shape index (κ2) is 14.9. The summed E-state index contributed by atoms with van der Waals surface area (Å²) in [6.07, 6.45) is 8.39. The van der Waals surface area contributed by atoms with Gasteiger partial charge in [-0.05, 0) is 66.3 Å². The van der Waals surface area contributed by atoms with E-state index < -0.39 is 15.9 Å². The molecule has 0 spiro atoms. The van der Waals surface area contributed by atoms with E-state index in [9.17, 15) is 18.0 Å². The zero-order chi connectivity index (χ0) is 33.5. The van der Waals surface area contributed by atoms with E-state index in [0.717, 1.165) is 72.9 Å². The van der Waals surface area contributed by atoms with Gasteiger partial charge in [-0.2, -0.15) is 0 Å². The third kappa shape index (κ3) is 7.60. The normalized spacial score (nSPS) is 13.7. The summed E-state index contributed by atoms with van der Waals surface area (Å²) in [5.74, 6) is 0.264. The van der Waals surface area contributed by atoms with Crippen molar-refractivity contribution in [3.63, 3.8) is 0 Å². The predicted molar refractivity (Wildman–Crippen MR) is 189 cm³/mol. The molecule has 248 valence electrons. The minimum atomic E-state index is -4.02. The minimum absolute atomic E-state index is 0.0242. The molecule has 1 saturated carbocycles. The number of sulfonamides is 1. The lowest BCUT2D eigenvalue weighted by atomic mass is 9.96. The van der Waals surface area contributed by atoms with Crippen LogP contribution in [0.2, 0.25) is 0 Å². The van der Waals surface area contributed by atoms with E-state index in [-0.39, 0.29) is 22.5 Å². The molecule has 48 heavy (non-hydrogen) atoms. The number of anilines is 1. The smallest absolute Gasteiger partial charge is 0.319 e. The number of carbonyl (C=O) groups excluding carboxylic acids is 2. The summed E-state index contributed by atoms with van der Waals surface area (Å²) in [5.41, 5.74) is 5.13. The van der Waals surface area contributed by atoms with Crippen molar-refractivity contribution in [2.75, 3.05) is 5.32 Å². The van der Waals surface area contributed by atoms with Crippen LogP contribution < -0.4 is 15.4 Å². The Bertz CT molecular complexity index is 2000. The Balaban J connectivity index is 1.23. The van der Waals surface area contributed by atoms with E-state index in [4.69, 9.17) is 4.98 Å². The fourth-order valence-electron chi connectivity index (χ4n) is 6.33. The van der Waals surface area contributed by atoms with Crippen LogP contribution in [-0.4, -0.2) is 35.9 Å². The number of amides is 3. The lowest BCUT2D eigenvalue weighted by molar-refractivity contribution is 0.0982. The summed E-state index contributed by atoms with van der Waals surface area (Å²) in [4.78, 5) is 31.2.